The third-order valence-corrected chi connectivity index (χ3v) is 23.2. The summed E-state index contributed by atoms with van der Waals surface area (Å²) in [5.41, 5.74) is 9.08. The molecule has 8 aliphatic rings. The van der Waals surface area contributed by atoms with Gasteiger partial charge in [0.1, 0.15) is 57.0 Å². The molecule has 23 heteroatoms. The number of aromatic nitrogens is 3. The number of hydrogen-bond acceptors (Lipinski definition) is 14. The van der Waals surface area contributed by atoms with Crippen LogP contribution in [0.15, 0.2) is 166 Å². The van der Waals surface area contributed by atoms with Gasteiger partial charge in [0.25, 0.3) is 5.91 Å². The molecule has 1 aromatic heterocycles. The number of carboxylic acid groups (broad SMARTS) is 1. The van der Waals surface area contributed by atoms with Crippen LogP contribution in [-0.4, -0.2) is 135 Å². The van der Waals surface area contributed by atoms with Crippen molar-refractivity contribution in [2.45, 2.75) is 71.7 Å². The Bertz CT molecular complexity index is 4420. The Balaban J connectivity index is 0.697. The van der Waals surface area contributed by atoms with E-state index in [0.29, 0.717) is 33.8 Å². The lowest BCUT2D eigenvalue weighted by Gasteiger charge is -2.50. The van der Waals surface area contributed by atoms with Crippen molar-refractivity contribution in [2.24, 2.45) is 0 Å². The number of thioether (sulfide) groups is 1. The van der Waals surface area contributed by atoms with Crippen molar-refractivity contribution in [3.05, 3.63) is 179 Å². The SMILES string of the molecule is CN(Cc1ccc(OCC2=C(C(=O)O)N3C(=O)[C@@H](NC(=O)[C@@H]4N5C(=O)C[C@H]5S(=O)(=O)C4(C)Cn4ccnn4)[C@H]3SC2)cc1)S(=O)(=O)c1ccccc1-c1c2ccc(=[N+]3CCc4ccccc43)cc-2oc2cc(N3CCc4ccccc43)ccc12. The molecule has 0 spiro atoms. The first kappa shape index (κ1) is 53.4. The van der Waals surface area contributed by atoms with E-state index in [1.165, 1.54) is 58.2 Å². The number of nitrogens with zero attached hydrogens (tertiary/aromatic N) is 8. The molecular formula is C61H54N9O11S3+. The molecule has 6 aromatic rings. The number of carboxylic acids is 1. The van der Waals surface area contributed by atoms with Gasteiger partial charge in [-0.1, -0.05) is 71.9 Å². The van der Waals surface area contributed by atoms with Crippen LogP contribution in [-0.2, 0) is 65.0 Å². The lowest BCUT2D eigenvalue weighted by atomic mass is 9.93. The topological polar surface area (TPSA) is 238 Å². The van der Waals surface area contributed by atoms with Crippen LogP contribution in [0.2, 0.25) is 0 Å². The predicted molar refractivity (Wildman–Crippen MR) is 312 cm³/mol. The third kappa shape index (κ3) is 8.44. The number of para-hydroxylation sites is 2. The van der Waals surface area contributed by atoms with E-state index >= 15 is 0 Å². The number of β-lactam (4-membered cyclic amide) rings is 2. The van der Waals surface area contributed by atoms with Crippen LogP contribution in [0, 0.1) is 0 Å². The molecule has 0 radical (unpaired) electrons. The molecule has 5 aromatic carbocycles. The van der Waals surface area contributed by atoms with E-state index < -0.39 is 71.1 Å². The molecule has 2 N–H and O–H groups in total. The van der Waals surface area contributed by atoms with Crippen LogP contribution in [0.1, 0.15) is 30.0 Å². The summed E-state index contributed by atoms with van der Waals surface area (Å²) in [7, 11) is -6.72. The number of carbonyl (C=O) groups excluding carboxylic acids is 3. The highest BCUT2D eigenvalue weighted by atomic mass is 32.2. The van der Waals surface area contributed by atoms with Gasteiger partial charge < -0.3 is 29.4 Å². The number of aliphatic carboxylic acids is 1. The molecule has 3 amide bonds. The number of nitrogens with one attached hydrogen (secondary N) is 1. The summed E-state index contributed by atoms with van der Waals surface area (Å²) in [6, 6.07) is 40.2. The second-order valence-electron chi connectivity index (χ2n) is 22.1. The second kappa shape index (κ2) is 20.0. The maximum Gasteiger partial charge on any atom is 0.352 e. The summed E-state index contributed by atoms with van der Waals surface area (Å²) >= 11 is 1.21. The molecule has 1 unspecified atom stereocenters. The van der Waals surface area contributed by atoms with Gasteiger partial charge in [-0.15, -0.1) is 16.9 Å². The van der Waals surface area contributed by atoms with Crippen LogP contribution < -0.4 is 24.9 Å². The highest BCUT2D eigenvalue weighted by Crippen LogP contribution is 2.49. The fourth-order valence-electron chi connectivity index (χ4n) is 13.0. The minimum absolute atomic E-state index is 0.00242. The van der Waals surface area contributed by atoms with Gasteiger partial charge >= 0.3 is 5.97 Å². The van der Waals surface area contributed by atoms with E-state index in [1.54, 1.807) is 36.4 Å². The standard InChI is InChI=1S/C61H53N9O11S3/c1-61(35-66-28-25-62-64-66)56(69-51(71)31-52(69)83(61,76)77)57(72)63-54-58(73)70-55(60(74)75)39(34-82-59(54)70)33-80-42-19-15-36(16-20-42)32-65(2)84(78,79)50-14-8-5-11-45(50)53-43-21-17-40(67-26-23-37-9-3-6-12-46(37)67)29-48(43)81-49-30-41(18-22-44(49)53)68-27-24-38-10-4-7-13-47(38)68/h3-22,25,28-30,52,54,56,59H,23-24,26-27,31-35H2,1-2H3,(H-,63,72,74,75)/p+1/t52-,54-,56+,59-,61?/m1/s1. The van der Waals surface area contributed by atoms with Crippen molar-refractivity contribution >= 4 is 83.3 Å². The summed E-state index contributed by atoms with van der Waals surface area (Å²) in [4.78, 5) is 58.0. The zero-order valence-corrected chi connectivity index (χ0v) is 47.8. The first-order valence-electron chi connectivity index (χ1n) is 27.4. The molecule has 3 saturated heterocycles. The Labute approximate surface area is 486 Å². The lowest BCUT2D eigenvalue weighted by molar-refractivity contribution is -0.154. The Kier molecular flexibility index (Phi) is 12.7. The number of ether oxygens (including phenoxy) is 1. The number of rotatable bonds is 14. The zero-order chi connectivity index (χ0) is 58.0. The van der Waals surface area contributed by atoms with E-state index in [0.717, 1.165) is 74.7 Å². The van der Waals surface area contributed by atoms with E-state index in [-0.39, 0.29) is 42.5 Å². The monoisotopic (exact) mass is 1180 g/mol. The van der Waals surface area contributed by atoms with Crippen LogP contribution in [0.5, 0.6) is 5.75 Å². The van der Waals surface area contributed by atoms with Crippen LogP contribution >= 0.6 is 11.8 Å². The number of hydrogen-bond donors (Lipinski definition) is 2. The Morgan fingerprint density at radius 2 is 1.70 bits per heavy atom. The Hall–Kier alpha value is -8.64. The normalized spacial score (nSPS) is 22.9. The number of benzene rings is 6. The quantitative estimate of drug-likeness (QED) is 0.0732. The fourth-order valence-corrected chi connectivity index (χ4v) is 18.0. The van der Waals surface area contributed by atoms with Gasteiger partial charge in [-0.2, -0.15) is 8.88 Å². The highest BCUT2D eigenvalue weighted by Gasteiger charge is 2.70. The van der Waals surface area contributed by atoms with Gasteiger partial charge in [-0.25, -0.2) is 21.6 Å². The maximum absolute atomic E-state index is 15.0. The molecule has 20 nitrogen and oxygen atoms in total. The number of sulfone groups is 1. The average Bonchev–Trinajstić information content (AvgIpc) is 1.54. The molecule has 5 atom stereocenters. The van der Waals surface area contributed by atoms with E-state index in [2.05, 4.69) is 73.6 Å². The van der Waals surface area contributed by atoms with Crippen molar-refractivity contribution < 1.29 is 50.3 Å². The Morgan fingerprint density at radius 1 is 0.929 bits per heavy atom. The minimum atomic E-state index is -4.17. The summed E-state index contributed by atoms with van der Waals surface area (Å²) in [5.74, 6) is -2.38. The van der Waals surface area contributed by atoms with Gasteiger partial charge in [-0.3, -0.25) is 24.0 Å². The maximum atomic E-state index is 15.0. The molecule has 1 aliphatic carbocycles. The molecule has 0 saturated carbocycles. The number of amides is 3. The molecule has 0 bridgehead atoms. The van der Waals surface area contributed by atoms with Gasteiger partial charge in [0.05, 0.1) is 30.1 Å². The molecule has 14 rings (SSSR count). The summed E-state index contributed by atoms with van der Waals surface area (Å²) in [6.07, 6.45) is 4.36. The summed E-state index contributed by atoms with van der Waals surface area (Å²) in [5, 5.41) is 20.4. The third-order valence-electron chi connectivity index (χ3n) is 17.2. The van der Waals surface area contributed by atoms with Crippen LogP contribution in [0.4, 0.5) is 17.1 Å². The van der Waals surface area contributed by atoms with Crippen molar-refractivity contribution in [1.29, 1.82) is 0 Å². The van der Waals surface area contributed by atoms with E-state index in [9.17, 15) is 41.1 Å². The molecular weight excluding hydrogens is 1130 g/mol. The number of sulfonamides is 1. The minimum Gasteiger partial charge on any atom is -0.489 e. The average molecular weight is 1190 g/mol. The molecule has 8 heterocycles. The van der Waals surface area contributed by atoms with Crippen molar-refractivity contribution in [3.63, 3.8) is 0 Å². The molecule has 426 valence electrons. The van der Waals surface area contributed by atoms with Crippen molar-refractivity contribution in [1.82, 2.24) is 39.0 Å². The fraction of sp³-hybridized carbons (Fsp3) is 0.262. The molecule has 7 aliphatic heterocycles. The first-order valence-corrected chi connectivity index (χ1v) is 31.4. The lowest BCUT2D eigenvalue weighted by Crippen LogP contribution is -2.73. The van der Waals surface area contributed by atoms with Gasteiger partial charge in [-0.05, 0) is 66.9 Å². The predicted octanol–water partition coefficient (Wildman–Crippen LogP) is 5.90. The van der Waals surface area contributed by atoms with Gasteiger partial charge in [0.15, 0.2) is 16.4 Å². The van der Waals surface area contributed by atoms with Gasteiger partial charge in [0, 0.05) is 101 Å². The number of anilines is 2. The summed E-state index contributed by atoms with van der Waals surface area (Å²) < 4.78 is 73.6. The van der Waals surface area contributed by atoms with E-state index in [1.807, 2.05) is 48.5 Å². The smallest absolute Gasteiger partial charge is 0.352 e. The largest absolute Gasteiger partial charge is 0.489 e. The highest BCUT2D eigenvalue weighted by molar-refractivity contribution is 8.00. The number of carbonyl (C=O) groups is 4. The number of fused-ring (bicyclic) bond motifs is 6. The summed E-state index contributed by atoms with van der Waals surface area (Å²) in [6.45, 7) is 2.51. The molecule has 3 fully saturated rings. The van der Waals surface area contributed by atoms with E-state index in [4.69, 9.17) is 9.15 Å². The van der Waals surface area contributed by atoms with Crippen LogP contribution in [0.25, 0.3) is 33.4 Å². The molecule has 84 heavy (non-hydrogen) atoms. The van der Waals surface area contributed by atoms with Crippen molar-refractivity contribution in [2.75, 3.05) is 37.4 Å². The second-order valence-corrected chi connectivity index (χ2v) is 27.7. The van der Waals surface area contributed by atoms with Crippen molar-refractivity contribution in [3.8, 4) is 28.2 Å². The Morgan fingerprint density at radius 3 is 2.49 bits per heavy atom. The van der Waals surface area contributed by atoms with Gasteiger partial charge in [0.2, 0.25) is 32.9 Å². The van der Waals surface area contributed by atoms with Crippen LogP contribution in [0.3, 0.4) is 0 Å². The first-order chi connectivity index (χ1) is 40.5. The zero-order valence-electron chi connectivity index (χ0n) is 45.4.